The zero-order chi connectivity index (χ0) is 15.5. The van der Waals surface area contributed by atoms with Crippen LogP contribution < -0.4 is 5.32 Å². The Labute approximate surface area is 139 Å². The van der Waals surface area contributed by atoms with Gasteiger partial charge in [0.05, 0.1) is 0 Å². The van der Waals surface area contributed by atoms with Gasteiger partial charge in [-0.15, -0.1) is 0 Å². The normalized spacial score (nSPS) is 11.7. The molecule has 3 nitrogen and oxygen atoms in total. The molecule has 2 heterocycles. The molecule has 0 fully saturated rings. The van der Waals surface area contributed by atoms with Crippen molar-refractivity contribution < 1.29 is 0 Å². The summed E-state index contributed by atoms with van der Waals surface area (Å²) >= 11 is 4.99. The van der Waals surface area contributed by atoms with Crippen molar-refractivity contribution in [2.45, 2.75) is 49.8 Å². The lowest BCUT2D eigenvalue weighted by atomic mass is 10.1. The van der Waals surface area contributed by atoms with Gasteiger partial charge in [-0.3, -0.25) is 0 Å². The third kappa shape index (κ3) is 5.41. The van der Waals surface area contributed by atoms with Crippen LogP contribution in [0.3, 0.4) is 0 Å². The summed E-state index contributed by atoms with van der Waals surface area (Å²) in [5.41, 5.74) is 2.50. The zero-order valence-electron chi connectivity index (χ0n) is 12.8. The summed E-state index contributed by atoms with van der Waals surface area (Å²) in [6.45, 7) is 9.41. The molecule has 0 atom stereocenters. The summed E-state index contributed by atoms with van der Waals surface area (Å²) in [6.07, 6.45) is 3.74. The van der Waals surface area contributed by atoms with Crippen molar-refractivity contribution in [3.63, 3.8) is 0 Å². The molecule has 0 unspecified atom stereocenters. The summed E-state index contributed by atoms with van der Waals surface area (Å²) in [5, 5.41) is 5.43. The molecule has 2 rings (SSSR count). The third-order valence-corrected chi connectivity index (χ3v) is 4.35. The second-order valence-corrected chi connectivity index (χ2v) is 7.91. The number of nitrogens with zero attached hydrogens (tertiary/aromatic N) is 2. The molecular formula is C16H20BrN3S. The number of nitrogens with one attached hydrogen (secondary N) is 1. The number of hydrogen-bond acceptors (Lipinski definition) is 4. The largest absolute Gasteiger partial charge is 0.308 e. The highest BCUT2D eigenvalue weighted by atomic mass is 79.9. The van der Waals surface area contributed by atoms with Gasteiger partial charge in [0.1, 0.15) is 10.1 Å². The highest BCUT2D eigenvalue weighted by molar-refractivity contribution is 9.10. The van der Waals surface area contributed by atoms with Gasteiger partial charge in [-0.05, 0) is 78.6 Å². The first kappa shape index (κ1) is 16.5. The molecule has 0 aromatic carbocycles. The van der Waals surface area contributed by atoms with Gasteiger partial charge in [0, 0.05) is 29.0 Å². The molecule has 0 radical (unpaired) electrons. The Morgan fingerprint density at radius 1 is 1.19 bits per heavy atom. The van der Waals surface area contributed by atoms with Crippen LogP contribution in [0.2, 0.25) is 0 Å². The van der Waals surface area contributed by atoms with E-state index in [0.717, 1.165) is 21.1 Å². The Morgan fingerprint density at radius 3 is 2.52 bits per heavy atom. The van der Waals surface area contributed by atoms with Gasteiger partial charge in [0.25, 0.3) is 0 Å². The quantitative estimate of drug-likeness (QED) is 0.859. The van der Waals surface area contributed by atoms with E-state index < -0.39 is 0 Å². The Morgan fingerprint density at radius 2 is 1.95 bits per heavy atom. The Kier molecular flexibility index (Phi) is 5.41. The average molecular weight is 366 g/mol. The summed E-state index contributed by atoms with van der Waals surface area (Å²) in [7, 11) is 0. The van der Waals surface area contributed by atoms with Gasteiger partial charge in [0.2, 0.25) is 0 Å². The lowest BCUT2D eigenvalue weighted by molar-refractivity contribution is 0.424. The summed E-state index contributed by atoms with van der Waals surface area (Å²) in [5.74, 6) is 0. The molecule has 2 aromatic rings. The van der Waals surface area contributed by atoms with Crippen molar-refractivity contribution in [1.29, 1.82) is 0 Å². The number of aromatic nitrogens is 2. The monoisotopic (exact) mass is 365 g/mol. The number of pyridine rings is 2. The maximum atomic E-state index is 4.57. The van der Waals surface area contributed by atoms with Gasteiger partial charge >= 0.3 is 0 Å². The maximum absolute atomic E-state index is 4.57. The Balaban J connectivity index is 2.07. The number of hydrogen-bond donors (Lipinski definition) is 1. The lowest BCUT2D eigenvalue weighted by Gasteiger charge is -2.20. The van der Waals surface area contributed by atoms with Crippen molar-refractivity contribution in [2.24, 2.45) is 0 Å². The van der Waals surface area contributed by atoms with Gasteiger partial charge < -0.3 is 5.32 Å². The molecule has 0 spiro atoms. The van der Waals surface area contributed by atoms with Crippen LogP contribution in [0.15, 0.2) is 45.1 Å². The van der Waals surface area contributed by atoms with Gasteiger partial charge in [-0.25, -0.2) is 9.97 Å². The highest BCUT2D eigenvalue weighted by Gasteiger charge is 2.10. The molecule has 1 N–H and O–H groups in total. The topological polar surface area (TPSA) is 37.8 Å². The minimum atomic E-state index is 0.114. The summed E-state index contributed by atoms with van der Waals surface area (Å²) < 4.78 is 0.986. The van der Waals surface area contributed by atoms with E-state index in [1.54, 1.807) is 18.0 Å². The molecule has 0 aliphatic rings. The highest BCUT2D eigenvalue weighted by Crippen LogP contribution is 2.27. The average Bonchev–Trinajstić information content (AvgIpc) is 2.41. The molecular weight excluding hydrogens is 346 g/mol. The molecule has 2 aromatic heterocycles. The van der Waals surface area contributed by atoms with E-state index >= 15 is 0 Å². The van der Waals surface area contributed by atoms with E-state index in [2.05, 4.69) is 65.0 Å². The fourth-order valence-electron chi connectivity index (χ4n) is 1.71. The van der Waals surface area contributed by atoms with Crippen LogP contribution in [0.1, 0.15) is 31.9 Å². The van der Waals surface area contributed by atoms with Crippen LogP contribution in [0.25, 0.3) is 0 Å². The van der Waals surface area contributed by atoms with Gasteiger partial charge in [-0.2, -0.15) is 0 Å². The molecule has 112 valence electrons. The van der Waals surface area contributed by atoms with Crippen LogP contribution >= 0.6 is 27.7 Å². The molecule has 0 bridgehead atoms. The summed E-state index contributed by atoms with van der Waals surface area (Å²) in [6, 6.07) is 6.17. The van der Waals surface area contributed by atoms with Crippen molar-refractivity contribution in [1.82, 2.24) is 15.3 Å². The third-order valence-electron chi connectivity index (χ3n) is 2.81. The summed E-state index contributed by atoms with van der Waals surface area (Å²) in [4.78, 5) is 8.94. The van der Waals surface area contributed by atoms with Crippen molar-refractivity contribution >= 4 is 27.7 Å². The maximum Gasteiger partial charge on any atom is 0.105 e. The molecule has 5 heteroatoms. The van der Waals surface area contributed by atoms with E-state index in [9.17, 15) is 0 Å². The number of halogens is 1. The molecule has 0 aliphatic heterocycles. The van der Waals surface area contributed by atoms with Crippen LogP contribution in [0, 0.1) is 6.92 Å². The fourth-order valence-corrected chi connectivity index (χ4v) is 2.71. The number of rotatable bonds is 4. The minimum absolute atomic E-state index is 0.114. The second-order valence-electron chi connectivity index (χ2n) is 5.99. The Bertz CT molecular complexity index is 606. The second kappa shape index (κ2) is 6.90. The SMILES string of the molecule is Cc1cc(CNC(C)(C)C)cnc1Sc1ccc(Br)cn1. The van der Waals surface area contributed by atoms with Crippen molar-refractivity contribution in [3.05, 3.63) is 46.2 Å². The fraction of sp³-hybridized carbons (Fsp3) is 0.375. The minimum Gasteiger partial charge on any atom is -0.308 e. The standard InChI is InChI=1S/C16H20BrN3S/c1-11-7-12(9-20-16(2,3)4)8-19-15(11)21-14-6-5-13(17)10-18-14/h5-8,10,20H,9H2,1-4H3. The number of aryl methyl sites for hydroxylation is 1. The zero-order valence-corrected chi connectivity index (χ0v) is 15.2. The van der Waals surface area contributed by atoms with Crippen molar-refractivity contribution in [3.8, 4) is 0 Å². The van der Waals surface area contributed by atoms with Crippen molar-refractivity contribution in [2.75, 3.05) is 0 Å². The molecule has 21 heavy (non-hydrogen) atoms. The smallest absolute Gasteiger partial charge is 0.105 e. The molecule has 0 aliphatic carbocycles. The molecule has 0 saturated carbocycles. The predicted octanol–water partition coefficient (Wildman–Crippen LogP) is 4.59. The van der Waals surface area contributed by atoms with Gasteiger partial charge in [-0.1, -0.05) is 6.07 Å². The van der Waals surface area contributed by atoms with E-state index in [1.165, 1.54) is 11.1 Å². The molecule has 0 amide bonds. The van der Waals surface area contributed by atoms with Crippen LogP contribution in [0.5, 0.6) is 0 Å². The van der Waals surface area contributed by atoms with Gasteiger partial charge in [0.15, 0.2) is 0 Å². The van der Waals surface area contributed by atoms with Crippen LogP contribution in [-0.2, 0) is 6.54 Å². The van der Waals surface area contributed by atoms with Crippen LogP contribution in [-0.4, -0.2) is 15.5 Å². The first-order valence-electron chi connectivity index (χ1n) is 6.83. The van der Waals surface area contributed by atoms with E-state index in [1.807, 2.05) is 18.3 Å². The predicted molar refractivity (Wildman–Crippen MR) is 91.6 cm³/mol. The van der Waals surface area contributed by atoms with E-state index in [4.69, 9.17) is 0 Å². The molecule has 0 saturated heterocycles. The first-order chi connectivity index (χ1) is 9.83. The van der Waals surface area contributed by atoms with E-state index in [-0.39, 0.29) is 5.54 Å². The van der Waals surface area contributed by atoms with E-state index in [0.29, 0.717) is 0 Å². The van der Waals surface area contributed by atoms with Crippen LogP contribution in [0.4, 0.5) is 0 Å². The first-order valence-corrected chi connectivity index (χ1v) is 8.44. The lowest BCUT2D eigenvalue weighted by Crippen LogP contribution is -2.35. The Hall–Kier alpha value is -0.910.